The van der Waals surface area contributed by atoms with Crippen LogP contribution in [-0.2, 0) is 26.2 Å². The number of hydrogen-bond donors (Lipinski definition) is 0. The Bertz CT molecular complexity index is 1320. The monoisotopic (exact) mass is 600 g/mol. The average Bonchev–Trinajstić information content (AvgIpc) is 3.62. The first kappa shape index (κ1) is 34.0. The molecule has 0 aliphatic carbocycles. The van der Waals surface area contributed by atoms with Crippen LogP contribution >= 0.6 is 0 Å². The van der Waals surface area contributed by atoms with Crippen LogP contribution in [0.25, 0.3) is 0 Å². The first-order chi connectivity index (χ1) is 20.6. The van der Waals surface area contributed by atoms with Crippen molar-refractivity contribution in [2.24, 2.45) is 20.5 Å². The van der Waals surface area contributed by atoms with Crippen molar-refractivity contribution in [3.05, 3.63) is 76.0 Å². The highest BCUT2D eigenvalue weighted by Gasteiger charge is 2.18. The summed E-state index contributed by atoms with van der Waals surface area (Å²) < 4.78 is 7.71. The van der Waals surface area contributed by atoms with Crippen LogP contribution in [0.4, 0.5) is 34.6 Å². The molecule has 4 aromatic rings. The average molecular weight is 601 g/mol. The van der Waals surface area contributed by atoms with Crippen molar-refractivity contribution in [2.75, 3.05) is 36.0 Å². The van der Waals surface area contributed by atoms with Crippen LogP contribution in [0.1, 0.15) is 40.5 Å². The number of hydrogen-bond acceptors (Lipinski definition) is 8. The Morgan fingerprint density at radius 2 is 0.932 bits per heavy atom. The third kappa shape index (κ3) is 7.91. The van der Waals surface area contributed by atoms with E-state index in [1.54, 1.807) is 12.7 Å². The van der Waals surface area contributed by atoms with Gasteiger partial charge in [-0.05, 0) is 99.3 Å². The molecule has 1 aliphatic rings. The van der Waals surface area contributed by atoms with Gasteiger partial charge in [0, 0.05) is 47.8 Å². The molecule has 0 saturated carbocycles. The number of aryl methyl sites for hydroxylation is 4. The summed E-state index contributed by atoms with van der Waals surface area (Å²) in [6.07, 6.45) is 5.77. The molecule has 0 radical (unpaired) electrons. The molecule has 12 nitrogen and oxygen atoms in total. The lowest BCUT2D eigenvalue weighted by atomic mass is 10.2. The van der Waals surface area contributed by atoms with Gasteiger partial charge in [-0.2, -0.15) is 0 Å². The highest BCUT2D eigenvalue weighted by molar-refractivity contribution is 5.54. The number of aromatic nitrogens is 6. The van der Waals surface area contributed by atoms with Gasteiger partial charge in [-0.1, -0.05) is 10.2 Å². The summed E-state index contributed by atoms with van der Waals surface area (Å²) in [5, 5.41) is 26.6. The van der Waals surface area contributed by atoms with Crippen LogP contribution in [0.2, 0.25) is 0 Å². The predicted molar refractivity (Wildman–Crippen MR) is 175 cm³/mol. The fraction of sp³-hybridized carbons (Fsp3) is 0.438. The van der Waals surface area contributed by atoms with E-state index in [1.807, 2.05) is 42.8 Å². The van der Waals surface area contributed by atoms with E-state index in [0.29, 0.717) is 0 Å². The maximum atomic E-state index is 4.48. The molecule has 0 amide bonds. The van der Waals surface area contributed by atoms with Crippen LogP contribution in [0.15, 0.2) is 81.6 Å². The number of benzene rings is 2. The molecule has 44 heavy (non-hydrogen) atoms. The van der Waals surface area contributed by atoms with Crippen LogP contribution in [0, 0.1) is 14.9 Å². The molecule has 5 rings (SSSR count). The lowest BCUT2D eigenvalue weighted by molar-refractivity contribution is -0.681. The smallest absolute Gasteiger partial charge is 0.371 e. The minimum atomic E-state index is 0. The van der Waals surface area contributed by atoms with Gasteiger partial charge in [-0.15, -0.1) is 9.36 Å². The van der Waals surface area contributed by atoms with Crippen molar-refractivity contribution in [1.82, 2.24) is 19.6 Å². The summed E-state index contributed by atoms with van der Waals surface area (Å²) in [5.74, 6) is 1.53. The first-order valence-electron chi connectivity index (χ1n) is 15.1. The Morgan fingerprint density at radius 1 is 0.568 bits per heavy atom. The largest absolute Gasteiger partial charge is 0.403 e. The predicted octanol–water partition coefficient (Wildman–Crippen LogP) is 6.57. The molecule has 0 atom stereocenters. The first-order valence-corrected chi connectivity index (χ1v) is 15.1. The Hall–Kier alpha value is -4.48. The number of nitrogens with zero attached hydrogens (tertiary/aromatic N) is 12. The van der Waals surface area contributed by atoms with E-state index in [4.69, 9.17) is 0 Å². The molecule has 3 heterocycles. The van der Waals surface area contributed by atoms with Crippen LogP contribution in [0.5, 0.6) is 0 Å². The van der Waals surface area contributed by atoms with Gasteiger partial charge < -0.3 is 24.7 Å². The van der Waals surface area contributed by atoms with Crippen LogP contribution < -0.4 is 18.9 Å². The van der Waals surface area contributed by atoms with Crippen molar-refractivity contribution < 1.29 is 9.13 Å². The fourth-order valence-electron chi connectivity index (χ4n) is 5.17. The number of anilines is 2. The second-order valence-corrected chi connectivity index (χ2v) is 10.2. The summed E-state index contributed by atoms with van der Waals surface area (Å²) in [7, 11) is 0. The molecule has 1 saturated heterocycles. The molecule has 12 heteroatoms. The maximum absolute atomic E-state index is 4.48. The minimum absolute atomic E-state index is 0. The van der Waals surface area contributed by atoms with E-state index in [1.165, 1.54) is 11.4 Å². The standard InChI is InChI=1S/C30H42N12.2CH3/c1-5-37-23-31-41(7-3)29(37)35-33-25-11-15-27(16-12-25)39-19-9-21-40(22-10-20-39)28-17-13-26(14-18-28)34-36-30-38(6-2)24-32-42(30)8-4;;/h11-18,23-24H,5-10,19-22H2,1-4H3;2*1H3/q+2;2*-1. The Balaban J connectivity index is 0.00000264. The van der Waals surface area contributed by atoms with E-state index >= 15 is 0 Å². The summed E-state index contributed by atoms with van der Waals surface area (Å²) >= 11 is 0. The fourth-order valence-corrected chi connectivity index (χ4v) is 5.17. The highest BCUT2D eigenvalue weighted by Crippen LogP contribution is 2.25. The van der Waals surface area contributed by atoms with E-state index < -0.39 is 0 Å². The highest BCUT2D eigenvalue weighted by atomic mass is 15.4. The van der Waals surface area contributed by atoms with Crippen molar-refractivity contribution in [3.63, 3.8) is 0 Å². The van der Waals surface area contributed by atoms with Crippen LogP contribution in [0.3, 0.4) is 0 Å². The maximum Gasteiger partial charge on any atom is 0.403 e. The Morgan fingerprint density at radius 3 is 1.25 bits per heavy atom. The Labute approximate surface area is 262 Å². The summed E-state index contributed by atoms with van der Waals surface area (Å²) in [6, 6.07) is 16.8. The van der Waals surface area contributed by atoms with E-state index in [9.17, 15) is 0 Å². The van der Waals surface area contributed by atoms with Crippen molar-refractivity contribution in [3.8, 4) is 0 Å². The number of rotatable bonds is 10. The molecule has 2 aromatic heterocycles. The van der Waals surface area contributed by atoms with E-state index in [2.05, 4.69) is 92.4 Å². The summed E-state index contributed by atoms with van der Waals surface area (Å²) in [6.45, 7) is 15.5. The van der Waals surface area contributed by atoms with Crippen LogP contribution in [-0.4, -0.2) is 45.7 Å². The molecule has 0 spiro atoms. The quantitative estimate of drug-likeness (QED) is 0.117. The Kier molecular flexibility index (Phi) is 12.7. The second kappa shape index (κ2) is 16.4. The van der Waals surface area contributed by atoms with Crippen molar-refractivity contribution in [2.45, 2.75) is 66.7 Å². The molecular formula is C32H48N12. The van der Waals surface area contributed by atoms with Gasteiger partial charge in [0.2, 0.25) is 12.7 Å². The molecule has 0 bridgehead atoms. The zero-order valence-electron chi connectivity index (χ0n) is 27.2. The van der Waals surface area contributed by atoms with Gasteiger partial charge >= 0.3 is 11.9 Å². The third-order valence-corrected chi connectivity index (χ3v) is 7.57. The molecular weight excluding hydrogens is 552 g/mol. The SMILES string of the molecule is CCn1nc[n+](CC)c1N=Nc1ccc(N2CCCN(c3ccc(N=Nc4n(CC)nc[n+]4CC)cc3)CCC2)cc1.[CH3-].[CH3-]. The van der Waals surface area contributed by atoms with Gasteiger partial charge in [0.15, 0.2) is 0 Å². The summed E-state index contributed by atoms with van der Waals surface area (Å²) in [5.41, 5.74) is 4.14. The van der Waals surface area contributed by atoms with Gasteiger partial charge in [0.25, 0.3) is 0 Å². The zero-order chi connectivity index (χ0) is 29.3. The van der Waals surface area contributed by atoms with Gasteiger partial charge in [0.1, 0.15) is 0 Å². The van der Waals surface area contributed by atoms with Gasteiger partial charge in [0.05, 0.1) is 37.6 Å². The second-order valence-electron chi connectivity index (χ2n) is 10.2. The molecule has 0 unspecified atom stereocenters. The number of azo groups is 2. The molecule has 1 aliphatic heterocycles. The lowest BCUT2D eigenvalue weighted by Crippen LogP contribution is -2.36. The van der Waals surface area contributed by atoms with Gasteiger partial charge in [-0.25, -0.2) is 9.13 Å². The van der Waals surface area contributed by atoms with Crippen molar-refractivity contribution >= 4 is 34.6 Å². The third-order valence-electron chi connectivity index (χ3n) is 7.57. The van der Waals surface area contributed by atoms with E-state index in [0.717, 1.165) is 88.5 Å². The summed E-state index contributed by atoms with van der Waals surface area (Å²) in [4.78, 5) is 4.95. The molecule has 1 fully saturated rings. The molecule has 2 aromatic carbocycles. The normalized spacial score (nSPS) is 14.0. The lowest BCUT2D eigenvalue weighted by Gasteiger charge is -2.33. The van der Waals surface area contributed by atoms with E-state index in [-0.39, 0.29) is 14.9 Å². The van der Waals surface area contributed by atoms with Gasteiger partial charge in [-0.3, -0.25) is 0 Å². The zero-order valence-corrected chi connectivity index (χ0v) is 27.2. The molecule has 236 valence electrons. The minimum Gasteiger partial charge on any atom is -0.371 e. The topological polar surface area (TPSA) is 99.3 Å². The molecule has 0 N–H and O–H groups in total. The van der Waals surface area contributed by atoms with Crippen molar-refractivity contribution in [1.29, 1.82) is 0 Å².